The number of ether oxygens (including phenoxy) is 1. The Hall–Kier alpha value is -1.88. The molecule has 3 heterocycles. The van der Waals surface area contributed by atoms with Crippen LogP contribution in [0.4, 0.5) is 0 Å². The maximum atomic E-state index is 5.52. The second kappa shape index (κ2) is 6.08. The summed E-state index contributed by atoms with van der Waals surface area (Å²) in [5.41, 5.74) is 4.66. The zero-order valence-corrected chi connectivity index (χ0v) is 13.8. The molecule has 0 aliphatic carbocycles. The number of nitrogens with zero attached hydrogens (tertiary/aromatic N) is 4. The molecule has 1 fully saturated rings. The second-order valence-electron chi connectivity index (χ2n) is 6.12. The van der Waals surface area contributed by atoms with E-state index in [-0.39, 0.29) is 0 Å². The predicted octanol–water partition coefficient (Wildman–Crippen LogP) is 2.78. The highest BCUT2D eigenvalue weighted by atomic mass is 16.5. The zero-order valence-electron chi connectivity index (χ0n) is 13.8. The highest BCUT2D eigenvalue weighted by molar-refractivity contribution is 5.41. The molecule has 118 valence electrons. The third kappa shape index (κ3) is 2.73. The molecule has 0 unspecified atom stereocenters. The molecule has 2 aromatic rings. The Morgan fingerprint density at radius 1 is 1.32 bits per heavy atom. The Morgan fingerprint density at radius 2 is 2.14 bits per heavy atom. The van der Waals surface area contributed by atoms with Gasteiger partial charge < -0.3 is 4.74 Å². The van der Waals surface area contributed by atoms with Gasteiger partial charge in [0.05, 0.1) is 19.0 Å². The fourth-order valence-corrected chi connectivity index (χ4v) is 3.43. The molecular weight excluding hydrogens is 276 g/mol. The number of pyridine rings is 1. The van der Waals surface area contributed by atoms with E-state index in [0.29, 0.717) is 6.04 Å². The van der Waals surface area contributed by atoms with Gasteiger partial charge in [-0.1, -0.05) is 0 Å². The van der Waals surface area contributed by atoms with Crippen LogP contribution < -0.4 is 4.74 Å². The standard InChI is InChI=1S/C17H24N4O/c1-12-8-18-15(13(2)17(12)22-4)11-21-7-5-6-16(21)14-9-19-20(3)10-14/h8-10,16H,5-7,11H2,1-4H3/t16-/m0/s1. The van der Waals surface area contributed by atoms with Gasteiger partial charge in [0.1, 0.15) is 5.75 Å². The normalized spacial score (nSPS) is 18.8. The van der Waals surface area contributed by atoms with Gasteiger partial charge in [-0.15, -0.1) is 0 Å². The van der Waals surface area contributed by atoms with Gasteiger partial charge in [0.25, 0.3) is 0 Å². The van der Waals surface area contributed by atoms with Crippen molar-refractivity contribution in [3.05, 3.63) is 41.0 Å². The van der Waals surface area contributed by atoms with Gasteiger partial charge >= 0.3 is 0 Å². The molecule has 1 atom stereocenters. The van der Waals surface area contributed by atoms with Crippen LogP contribution in [-0.4, -0.2) is 33.3 Å². The molecule has 22 heavy (non-hydrogen) atoms. The largest absolute Gasteiger partial charge is 0.496 e. The third-order valence-corrected chi connectivity index (χ3v) is 4.58. The van der Waals surface area contributed by atoms with Gasteiger partial charge in [0.2, 0.25) is 0 Å². The lowest BCUT2D eigenvalue weighted by Crippen LogP contribution is -2.23. The minimum Gasteiger partial charge on any atom is -0.496 e. The quantitative estimate of drug-likeness (QED) is 0.871. The van der Waals surface area contributed by atoms with E-state index in [2.05, 4.69) is 28.1 Å². The molecular formula is C17H24N4O. The minimum absolute atomic E-state index is 0.446. The number of likely N-dealkylation sites (tertiary alicyclic amines) is 1. The van der Waals surface area contributed by atoms with Gasteiger partial charge in [0.15, 0.2) is 0 Å². The van der Waals surface area contributed by atoms with Crippen LogP contribution in [0.2, 0.25) is 0 Å². The Kier molecular flexibility index (Phi) is 4.16. The summed E-state index contributed by atoms with van der Waals surface area (Å²) in [6.07, 6.45) is 8.43. The monoisotopic (exact) mass is 300 g/mol. The van der Waals surface area contributed by atoms with E-state index in [4.69, 9.17) is 4.74 Å². The smallest absolute Gasteiger partial charge is 0.128 e. The first-order chi connectivity index (χ1) is 10.6. The summed E-state index contributed by atoms with van der Waals surface area (Å²) in [6.45, 7) is 6.11. The second-order valence-corrected chi connectivity index (χ2v) is 6.12. The number of aromatic nitrogens is 3. The van der Waals surface area contributed by atoms with Gasteiger partial charge in [-0.05, 0) is 33.2 Å². The predicted molar refractivity (Wildman–Crippen MR) is 85.9 cm³/mol. The van der Waals surface area contributed by atoms with E-state index in [1.54, 1.807) is 7.11 Å². The van der Waals surface area contributed by atoms with Gasteiger partial charge in [-0.25, -0.2) is 0 Å². The lowest BCUT2D eigenvalue weighted by Gasteiger charge is -2.24. The molecule has 5 nitrogen and oxygen atoms in total. The van der Waals surface area contributed by atoms with Crippen LogP contribution in [0.25, 0.3) is 0 Å². The molecule has 0 amide bonds. The average molecular weight is 300 g/mol. The topological polar surface area (TPSA) is 43.2 Å². The lowest BCUT2D eigenvalue weighted by atomic mass is 10.1. The Morgan fingerprint density at radius 3 is 2.82 bits per heavy atom. The summed E-state index contributed by atoms with van der Waals surface area (Å²) < 4.78 is 7.40. The van der Waals surface area contributed by atoms with Crippen LogP contribution in [0.3, 0.4) is 0 Å². The first-order valence-corrected chi connectivity index (χ1v) is 7.81. The SMILES string of the molecule is COc1c(C)cnc(CN2CCC[C@H]2c2cnn(C)c2)c1C. The van der Waals surface area contributed by atoms with Crippen molar-refractivity contribution in [2.24, 2.45) is 7.05 Å². The maximum absolute atomic E-state index is 5.52. The first-order valence-electron chi connectivity index (χ1n) is 7.81. The molecule has 1 saturated heterocycles. The molecule has 0 N–H and O–H groups in total. The number of aryl methyl sites for hydroxylation is 2. The van der Waals surface area contributed by atoms with E-state index in [0.717, 1.165) is 35.7 Å². The summed E-state index contributed by atoms with van der Waals surface area (Å²) >= 11 is 0. The summed E-state index contributed by atoms with van der Waals surface area (Å²) in [4.78, 5) is 7.14. The van der Waals surface area contributed by atoms with Crippen LogP contribution in [0.1, 0.15) is 41.3 Å². The molecule has 5 heteroatoms. The van der Waals surface area contributed by atoms with E-state index in [1.807, 2.05) is 31.0 Å². The van der Waals surface area contributed by atoms with E-state index >= 15 is 0 Å². The lowest BCUT2D eigenvalue weighted by molar-refractivity contribution is 0.244. The summed E-state index contributed by atoms with van der Waals surface area (Å²) in [6, 6.07) is 0.446. The maximum Gasteiger partial charge on any atom is 0.128 e. The van der Waals surface area contributed by atoms with Gasteiger partial charge in [-0.2, -0.15) is 5.10 Å². The molecule has 1 aliphatic rings. The van der Waals surface area contributed by atoms with Gasteiger partial charge in [-0.3, -0.25) is 14.6 Å². The third-order valence-electron chi connectivity index (χ3n) is 4.58. The fraction of sp³-hybridized carbons (Fsp3) is 0.529. The van der Waals surface area contributed by atoms with E-state index in [1.165, 1.54) is 18.4 Å². The first kappa shape index (κ1) is 15.0. The molecule has 0 saturated carbocycles. The number of hydrogen-bond donors (Lipinski definition) is 0. The minimum atomic E-state index is 0.446. The zero-order chi connectivity index (χ0) is 15.7. The van der Waals surface area contributed by atoms with Gasteiger partial charge in [0, 0.05) is 48.7 Å². The van der Waals surface area contributed by atoms with Crippen molar-refractivity contribution in [3.8, 4) is 5.75 Å². The highest BCUT2D eigenvalue weighted by Crippen LogP contribution is 2.34. The van der Waals surface area contributed by atoms with Crippen molar-refractivity contribution in [2.75, 3.05) is 13.7 Å². The van der Waals surface area contributed by atoms with Crippen molar-refractivity contribution in [1.29, 1.82) is 0 Å². The van der Waals surface area contributed by atoms with Crippen LogP contribution >= 0.6 is 0 Å². The van der Waals surface area contributed by atoms with Crippen LogP contribution in [0.15, 0.2) is 18.6 Å². The van der Waals surface area contributed by atoms with Crippen LogP contribution in [0, 0.1) is 13.8 Å². The molecule has 1 aliphatic heterocycles. The van der Waals surface area contributed by atoms with E-state index < -0.39 is 0 Å². The number of methoxy groups -OCH3 is 1. The molecule has 2 aromatic heterocycles. The van der Waals surface area contributed by atoms with Crippen LogP contribution in [-0.2, 0) is 13.6 Å². The molecule has 0 bridgehead atoms. The van der Waals surface area contributed by atoms with Crippen molar-refractivity contribution in [3.63, 3.8) is 0 Å². The number of rotatable bonds is 4. The summed E-state index contributed by atoms with van der Waals surface area (Å²) in [5.74, 6) is 0.960. The molecule has 0 radical (unpaired) electrons. The average Bonchev–Trinajstić information content (AvgIpc) is 3.11. The Labute approximate surface area is 131 Å². The van der Waals surface area contributed by atoms with Crippen molar-refractivity contribution in [2.45, 2.75) is 39.3 Å². The van der Waals surface area contributed by atoms with E-state index in [9.17, 15) is 0 Å². The summed E-state index contributed by atoms with van der Waals surface area (Å²) in [7, 11) is 3.70. The van der Waals surface area contributed by atoms with Crippen molar-refractivity contribution < 1.29 is 4.74 Å². The van der Waals surface area contributed by atoms with Crippen LogP contribution in [0.5, 0.6) is 5.75 Å². The van der Waals surface area contributed by atoms with Crippen molar-refractivity contribution >= 4 is 0 Å². The molecule has 0 spiro atoms. The summed E-state index contributed by atoms with van der Waals surface area (Å²) in [5, 5.41) is 4.31. The molecule has 0 aromatic carbocycles. The fourth-order valence-electron chi connectivity index (χ4n) is 3.43. The number of hydrogen-bond acceptors (Lipinski definition) is 4. The highest BCUT2D eigenvalue weighted by Gasteiger charge is 2.28. The molecule has 3 rings (SSSR count). The Bertz CT molecular complexity index is 665. The Balaban J connectivity index is 1.83. The van der Waals surface area contributed by atoms with Crippen molar-refractivity contribution in [1.82, 2.24) is 19.7 Å².